The second-order valence-corrected chi connectivity index (χ2v) is 12.5. The topological polar surface area (TPSA) is 102 Å². The molecule has 0 heterocycles. The highest BCUT2D eigenvalue weighted by atomic mass is 31.2. The summed E-state index contributed by atoms with van der Waals surface area (Å²) < 4.78 is 41.5. The van der Waals surface area contributed by atoms with E-state index in [0.717, 1.165) is 5.56 Å². The molecule has 0 spiro atoms. The summed E-state index contributed by atoms with van der Waals surface area (Å²) >= 11 is 0. The van der Waals surface area contributed by atoms with Gasteiger partial charge in [0, 0.05) is 42.6 Å². The minimum atomic E-state index is -3.23. The molecular formula is C32H35O9P. The number of carbonyl (C=O) groups excluding carboxylic acids is 1. The predicted octanol–water partition coefficient (Wildman–Crippen LogP) is 4.42. The van der Waals surface area contributed by atoms with Crippen LogP contribution in [-0.4, -0.2) is 66.0 Å². The van der Waals surface area contributed by atoms with Crippen molar-refractivity contribution in [3.8, 4) is 34.5 Å². The highest BCUT2D eigenvalue weighted by Crippen LogP contribution is 2.61. The van der Waals surface area contributed by atoms with Gasteiger partial charge in [0.25, 0.3) is 0 Å². The second-order valence-electron chi connectivity index (χ2n) is 9.21. The average molecular weight is 595 g/mol. The summed E-state index contributed by atoms with van der Waals surface area (Å²) in [5, 5.41) is 12.6. The number of allylic oxidation sites excluding steroid dienone is 2. The fourth-order valence-corrected chi connectivity index (χ4v) is 10.4. The maximum Gasteiger partial charge on any atom is 0.186 e. The molecule has 42 heavy (non-hydrogen) atoms. The number of rotatable bonds is 11. The molecule has 1 N–H and O–H groups in total. The molecule has 0 bridgehead atoms. The predicted molar refractivity (Wildman–Crippen MR) is 164 cm³/mol. The van der Waals surface area contributed by atoms with Gasteiger partial charge in [0.1, 0.15) is 46.0 Å². The zero-order chi connectivity index (χ0) is 30.4. The third kappa shape index (κ3) is 5.40. The molecule has 10 heteroatoms. The summed E-state index contributed by atoms with van der Waals surface area (Å²) in [6.45, 7) is -3.23. The molecule has 0 amide bonds. The number of hydrogen-bond acceptors (Lipinski definition) is 9. The van der Waals surface area contributed by atoms with E-state index in [0.29, 0.717) is 62.3 Å². The molecular weight excluding hydrogens is 559 g/mol. The number of phenols is 1. The van der Waals surface area contributed by atoms with Crippen LogP contribution in [-0.2, 0) is 20.4 Å². The Balaban J connectivity index is 2.46. The van der Waals surface area contributed by atoms with Crippen LogP contribution in [0.2, 0.25) is 0 Å². The van der Waals surface area contributed by atoms with Crippen molar-refractivity contribution >= 4 is 28.6 Å². The van der Waals surface area contributed by atoms with E-state index in [1.54, 1.807) is 33.5 Å². The molecule has 0 aromatic heterocycles. The van der Waals surface area contributed by atoms with Crippen LogP contribution in [0.25, 0.3) is 0 Å². The number of methoxy groups -OCH3 is 7. The Labute approximate surface area is 245 Å². The highest BCUT2D eigenvalue weighted by molar-refractivity contribution is 7.90. The zero-order valence-corrected chi connectivity index (χ0v) is 25.6. The normalized spacial score (nSPS) is 14.3. The molecule has 0 saturated heterocycles. The van der Waals surface area contributed by atoms with Gasteiger partial charge in [0.2, 0.25) is 0 Å². The molecule has 0 radical (unpaired) electrons. The third-order valence-corrected chi connectivity index (χ3v) is 11.5. The Morgan fingerprint density at radius 1 is 0.619 bits per heavy atom. The van der Waals surface area contributed by atoms with Crippen LogP contribution < -0.4 is 34.3 Å². The fourth-order valence-electron chi connectivity index (χ4n) is 5.29. The SMILES string of the molecule is COC1=CC(=O)C=C(OC)C1=P(Cc1ccccc1)(c1c(OC)cc(O)cc1OC)c1c(OC)cc(OC)cc1OC. The molecule has 0 saturated carbocycles. The minimum Gasteiger partial charge on any atom is -0.508 e. The Morgan fingerprint density at radius 2 is 1.07 bits per heavy atom. The highest BCUT2D eigenvalue weighted by Gasteiger charge is 2.43. The van der Waals surface area contributed by atoms with Gasteiger partial charge in [-0.2, -0.15) is 0 Å². The Hall–Kier alpha value is -4.49. The van der Waals surface area contributed by atoms with Gasteiger partial charge in [0.15, 0.2) is 5.78 Å². The molecule has 1 unspecified atom stereocenters. The monoisotopic (exact) mass is 594 g/mol. The first-order valence-corrected chi connectivity index (χ1v) is 14.9. The van der Waals surface area contributed by atoms with Crippen LogP contribution in [0, 0.1) is 0 Å². The van der Waals surface area contributed by atoms with Crippen LogP contribution in [0.4, 0.5) is 0 Å². The van der Waals surface area contributed by atoms with Gasteiger partial charge in [0.05, 0.1) is 65.7 Å². The summed E-state index contributed by atoms with van der Waals surface area (Å²) in [4.78, 5) is 12.9. The van der Waals surface area contributed by atoms with E-state index in [2.05, 4.69) is 0 Å². The lowest BCUT2D eigenvalue weighted by Crippen LogP contribution is -2.32. The number of carbonyl (C=O) groups is 1. The molecule has 0 fully saturated rings. The van der Waals surface area contributed by atoms with Crippen LogP contribution in [0.5, 0.6) is 34.5 Å². The van der Waals surface area contributed by atoms with Crippen LogP contribution in [0.3, 0.4) is 0 Å². The summed E-state index contributed by atoms with van der Waals surface area (Å²) in [5.41, 5.74) is 0.957. The van der Waals surface area contributed by atoms with Crippen molar-refractivity contribution in [2.75, 3.05) is 49.8 Å². The van der Waals surface area contributed by atoms with Crippen LogP contribution >= 0.6 is 6.89 Å². The number of ether oxygens (including phenoxy) is 7. The first-order chi connectivity index (χ1) is 20.3. The standard InChI is InChI=1S/C32H35O9P/c1-35-23-17-28(40-6)32(29(18-23)41-7)42(19-20-11-9-8-10-12-20,30-24(36-2)13-21(33)14-25(30)37-3)31-26(38-4)15-22(34)16-27(31)39-5/h8-18,33H,19H2,1-7H3. The number of hydrogen-bond donors (Lipinski definition) is 1. The quantitative estimate of drug-likeness (QED) is 0.323. The van der Waals surface area contributed by atoms with Gasteiger partial charge in [-0.3, -0.25) is 4.79 Å². The molecule has 3 aromatic rings. The van der Waals surface area contributed by atoms with E-state index in [1.807, 2.05) is 30.3 Å². The van der Waals surface area contributed by atoms with Gasteiger partial charge in [-0.05, 0) is 12.4 Å². The summed E-state index contributed by atoms with van der Waals surface area (Å²) in [5.74, 6) is 2.42. The summed E-state index contributed by atoms with van der Waals surface area (Å²) in [6.07, 6.45) is 3.23. The largest absolute Gasteiger partial charge is 0.508 e. The summed E-state index contributed by atoms with van der Waals surface area (Å²) in [7, 11) is 10.7. The van der Waals surface area contributed by atoms with Gasteiger partial charge in [-0.1, -0.05) is 30.3 Å². The fraction of sp³-hybridized carbons (Fsp3) is 0.250. The minimum absolute atomic E-state index is 0.0484. The van der Waals surface area contributed by atoms with Crippen LogP contribution in [0.1, 0.15) is 5.56 Å². The number of aromatic hydroxyl groups is 1. The first-order valence-electron chi connectivity index (χ1n) is 12.9. The van der Waals surface area contributed by atoms with E-state index in [4.69, 9.17) is 33.2 Å². The molecule has 1 aliphatic rings. The van der Waals surface area contributed by atoms with E-state index >= 15 is 0 Å². The van der Waals surface area contributed by atoms with Crippen LogP contribution in [0.15, 0.2) is 78.3 Å². The van der Waals surface area contributed by atoms with Gasteiger partial charge >= 0.3 is 0 Å². The van der Waals surface area contributed by atoms with Gasteiger partial charge in [-0.15, -0.1) is 0 Å². The molecule has 3 aromatic carbocycles. The average Bonchev–Trinajstić information content (AvgIpc) is 3.02. The van der Waals surface area contributed by atoms with Crippen molar-refractivity contribution in [2.24, 2.45) is 0 Å². The molecule has 0 aliphatic heterocycles. The van der Waals surface area contributed by atoms with Crippen molar-refractivity contribution in [2.45, 2.75) is 6.16 Å². The first kappa shape index (κ1) is 30.5. The lowest BCUT2D eigenvalue weighted by Gasteiger charge is -2.37. The summed E-state index contributed by atoms with van der Waals surface area (Å²) in [6, 6.07) is 16.5. The van der Waals surface area contributed by atoms with E-state index in [9.17, 15) is 9.90 Å². The lowest BCUT2D eigenvalue weighted by atomic mass is 10.1. The Kier molecular flexibility index (Phi) is 9.43. The number of phenolic OH excluding ortho intramolecular Hbond substituents is 1. The molecule has 4 rings (SSSR count). The lowest BCUT2D eigenvalue weighted by molar-refractivity contribution is -0.110. The Morgan fingerprint density at radius 3 is 1.48 bits per heavy atom. The third-order valence-electron chi connectivity index (χ3n) is 7.01. The maximum atomic E-state index is 12.9. The number of ketones is 1. The molecule has 1 aliphatic carbocycles. The van der Waals surface area contributed by atoms with Crippen molar-refractivity contribution in [1.82, 2.24) is 0 Å². The van der Waals surface area contributed by atoms with E-state index < -0.39 is 6.89 Å². The molecule has 9 nitrogen and oxygen atoms in total. The molecule has 222 valence electrons. The number of benzene rings is 3. The maximum absolute atomic E-state index is 12.9. The van der Waals surface area contributed by atoms with Gasteiger partial charge < -0.3 is 38.3 Å². The van der Waals surface area contributed by atoms with Crippen molar-refractivity contribution in [1.29, 1.82) is 0 Å². The zero-order valence-electron chi connectivity index (χ0n) is 24.7. The van der Waals surface area contributed by atoms with Crippen molar-refractivity contribution < 1.29 is 43.1 Å². The van der Waals surface area contributed by atoms with Crippen molar-refractivity contribution in [3.05, 3.63) is 83.8 Å². The van der Waals surface area contributed by atoms with Crippen molar-refractivity contribution in [3.63, 3.8) is 0 Å². The second kappa shape index (κ2) is 13.0. The Bertz CT molecular complexity index is 1510. The van der Waals surface area contributed by atoms with E-state index in [1.165, 1.54) is 52.7 Å². The van der Waals surface area contributed by atoms with Gasteiger partial charge in [-0.25, -0.2) is 0 Å². The smallest absolute Gasteiger partial charge is 0.186 e. The van der Waals surface area contributed by atoms with E-state index in [-0.39, 0.29) is 11.5 Å². The molecule has 1 atom stereocenters.